The third-order valence-electron chi connectivity index (χ3n) is 2.93. The van der Waals surface area contributed by atoms with E-state index in [-0.39, 0.29) is 11.3 Å². The summed E-state index contributed by atoms with van der Waals surface area (Å²) in [6.07, 6.45) is 1.74. The first-order valence-electron chi connectivity index (χ1n) is 4.99. The van der Waals surface area contributed by atoms with Gasteiger partial charge in [-0.2, -0.15) is 0 Å². The second kappa shape index (κ2) is 3.30. The Labute approximate surface area is 91.4 Å². The first-order chi connectivity index (χ1) is 7.53. The highest BCUT2D eigenvalue weighted by Gasteiger charge is 2.49. The minimum absolute atomic E-state index is 0.0560. The van der Waals surface area contributed by atoms with Crippen LogP contribution in [0.25, 0.3) is 0 Å². The quantitative estimate of drug-likeness (QED) is 0.747. The van der Waals surface area contributed by atoms with Crippen LogP contribution in [0.3, 0.4) is 0 Å². The molecule has 0 aromatic carbocycles. The van der Waals surface area contributed by atoms with E-state index in [9.17, 15) is 14.4 Å². The number of hydrogen-bond donors (Lipinski definition) is 1. The van der Waals surface area contributed by atoms with Crippen molar-refractivity contribution in [1.82, 2.24) is 4.98 Å². The van der Waals surface area contributed by atoms with Gasteiger partial charge in [0.25, 0.3) is 5.56 Å². The van der Waals surface area contributed by atoms with E-state index in [0.29, 0.717) is 12.0 Å². The molecule has 1 aromatic heterocycles. The van der Waals surface area contributed by atoms with E-state index >= 15 is 0 Å². The molecule has 1 N–H and O–H groups in total. The van der Waals surface area contributed by atoms with E-state index in [1.807, 2.05) is 0 Å². The molecule has 1 atom stereocenters. The van der Waals surface area contributed by atoms with Gasteiger partial charge < -0.3 is 9.72 Å². The molecule has 0 radical (unpaired) electrons. The topological polar surface area (TPSA) is 76.2 Å². The molecule has 2 heterocycles. The molecule has 5 heteroatoms. The van der Waals surface area contributed by atoms with Crippen molar-refractivity contribution in [3.05, 3.63) is 33.7 Å². The van der Waals surface area contributed by atoms with Gasteiger partial charge >= 0.3 is 5.97 Å². The fourth-order valence-corrected chi connectivity index (χ4v) is 2.06. The molecular weight excluding hydrogens is 210 g/mol. The number of carbonyl (C=O) groups excluding carboxylic acids is 2. The molecule has 1 aromatic rings. The second-order valence-corrected chi connectivity index (χ2v) is 3.72. The number of ketones is 1. The predicted octanol–water partition coefficient (Wildman–Crippen LogP) is 0.740. The van der Waals surface area contributed by atoms with Gasteiger partial charge in [-0.05, 0) is 19.4 Å². The number of carbonyl (C=O) groups is 2. The Morgan fingerprint density at radius 1 is 1.50 bits per heavy atom. The molecule has 1 aliphatic heterocycles. The third-order valence-corrected chi connectivity index (χ3v) is 2.93. The van der Waals surface area contributed by atoms with Crippen LogP contribution in [-0.2, 0) is 15.1 Å². The average molecular weight is 221 g/mol. The number of Topliss-reactive ketones (excluding diaryl/α,β-unsaturated/α-hetero) is 1. The number of H-pyrrole nitrogens is 1. The standard InChI is InChI=1S/C11H11NO4/c1-3-11(6(2)13)7-4-5-12-9(14)8(7)10(15)16-11/h4-5H,3H2,1-2H3,(H,12,14). The molecule has 0 aliphatic carbocycles. The van der Waals surface area contributed by atoms with Gasteiger partial charge in [0, 0.05) is 11.8 Å². The monoisotopic (exact) mass is 221 g/mol. The molecule has 2 rings (SSSR count). The summed E-state index contributed by atoms with van der Waals surface area (Å²) in [4.78, 5) is 37.1. The largest absolute Gasteiger partial charge is 0.442 e. The zero-order valence-electron chi connectivity index (χ0n) is 8.99. The number of esters is 1. The zero-order chi connectivity index (χ0) is 11.9. The summed E-state index contributed by atoms with van der Waals surface area (Å²) in [6, 6.07) is 1.55. The smallest absolute Gasteiger partial charge is 0.345 e. The van der Waals surface area contributed by atoms with Crippen LogP contribution < -0.4 is 5.56 Å². The number of rotatable bonds is 2. The number of pyridine rings is 1. The molecule has 0 fully saturated rings. The lowest BCUT2D eigenvalue weighted by Crippen LogP contribution is -2.33. The minimum Gasteiger partial charge on any atom is -0.442 e. The summed E-state index contributed by atoms with van der Waals surface area (Å²) >= 11 is 0. The van der Waals surface area contributed by atoms with E-state index in [4.69, 9.17) is 4.74 Å². The highest BCUT2D eigenvalue weighted by molar-refractivity contribution is 6.01. The number of aromatic amines is 1. The Kier molecular flexibility index (Phi) is 2.18. The number of aromatic nitrogens is 1. The highest BCUT2D eigenvalue weighted by atomic mass is 16.6. The van der Waals surface area contributed by atoms with Crippen molar-refractivity contribution in [1.29, 1.82) is 0 Å². The van der Waals surface area contributed by atoms with Crippen LogP contribution in [0.5, 0.6) is 0 Å². The number of ether oxygens (including phenoxy) is 1. The Morgan fingerprint density at radius 2 is 2.19 bits per heavy atom. The Bertz CT molecular complexity index is 531. The summed E-state index contributed by atoms with van der Waals surface area (Å²) in [6.45, 7) is 3.10. The molecule has 1 aliphatic rings. The molecule has 1 unspecified atom stereocenters. The fraction of sp³-hybridized carbons (Fsp3) is 0.364. The zero-order valence-corrected chi connectivity index (χ0v) is 8.99. The van der Waals surface area contributed by atoms with Crippen LogP contribution in [0, 0.1) is 0 Å². The number of nitrogens with one attached hydrogen (secondary N) is 1. The molecule has 0 spiro atoms. The average Bonchev–Trinajstić information content (AvgIpc) is 2.54. The molecule has 0 saturated heterocycles. The van der Waals surface area contributed by atoms with E-state index < -0.39 is 17.1 Å². The van der Waals surface area contributed by atoms with Crippen molar-refractivity contribution in [2.75, 3.05) is 0 Å². The van der Waals surface area contributed by atoms with Crippen LogP contribution in [0.1, 0.15) is 36.2 Å². The lowest BCUT2D eigenvalue weighted by atomic mass is 9.87. The fourth-order valence-electron chi connectivity index (χ4n) is 2.06. The van der Waals surface area contributed by atoms with Crippen molar-refractivity contribution in [2.45, 2.75) is 25.9 Å². The number of fused-ring (bicyclic) bond motifs is 1. The molecule has 5 nitrogen and oxygen atoms in total. The number of cyclic esters (lactones) is 1. The molecule has 0 saturated carbocycles. The maximum Gasteiger partial charge on any atom is 0.345 e. The van der Waals surface area contributed by atoms with Gasteiger partial charge in [0.2, 0.25) is 0 Å². The van der Waals surface area contributed by atoms with Crippen LogP contribution in [0.15, 0.2) is 17.1 Å². The highest BCUT2D eigenvalue weighted by Crippen LogP contribution is 2.38. The Hall–Kier alpha value is -1.91. The first-order valence-corrected chi connectivity index (χ1v) is 4.99. The normalized spacial score (nSPS) is 22.8. The number of hydrogen-bond acceptors (Lipinski definition) is 4. The van der Waals surface area contributed by atoms with Crippen LogP contribution in [0.2, 0.25) is 0 Å². The Balaban J connectivity index is 2.77. The molecule has 0 bridgehead atoms. The van der Waals surface area contributed by atoms with Crippen molar-refractivity contribution in [3.8, 4) is 0 Å². The maximum atomic E-state index is 11.6. The lowest BCUT2D eigenvalue weighted by Gasteiger charge is -2.23. The second-order valence-electron chi connectivity index (χ2n) is 3.72. The minimum atomic E-state index is -1.28. The van der Waals surface area contributed by atoms with Crippen LogP contribution in [0.4, 0.5) is 0 Å². The summed E-state index contributed by atoms with van der Waals surface area (Å²) < 4.78 is 5.10. The van der Waals surface area contributed by atoms with Gasteiger partial charge in [-0.15, -0.1) is 0 Å². The molecule has 16 heavy (non-hydrogen) atoms. The van der Waals surface area contributed by atoms with Crippen molar-refractivity contribution in [3.63, 3.8) is 0 Å². The SMILES string of the molecule is CCC1(C(C)=O)OC(=O)c2c1cc[nH]c2=O. The van der Waals surface area contributed by atoms with E-state index in [1.54, 1.807) is 13.0 Å². The summed E-state index contributed by atoms with van der Waals surface area (Å²) in [5.41, 5.74) is -1.48. The predicted molar refractivity (Wildman–Crippen MR) is 55.1 cm³/mol. The first kappa shape index (κ1) is 10.6. The van der Waals surface area contributed by atoms with E-state index in [0.717, 1.165) is 0 Å². The van der Waals surface area contributed by atoms with Gasteiger partial charge in [0.05, 0.1) is 0 Å². The summed E-state index contributed by atoms with van der Waals surface area (Å²) in [7, 11) is 0. The van der Waals surface area contributed by atoms with Crippen LogP contribution in [-0.4, -0.2) is 16.7 Å². The van der Waals surface area contributed by atoms with Gasteiger partial charge in [0.15, 0.2) is 11.4 Å². The summed E-state index contributed by atoms with van der Waals surface area (Å²) in [5.74, 6) is -0.999. The lowest BCUT2D eigenvalue weighted by molar-refractivity contribution is -0.136. The van der Waals surface area contributed by atoms with E-state index in [2.05, 4.69) is 4.98 Å². The van der Waals surface area contributed by atoms with Crippen molar-refractivity contribution < 1.29 is 14.3 Å². The van der Waals surface area contributed by atoms with Gasteiger partial charge in [-0.1, -0.05) is 6.92 Å². The van der Waals surface area contributed by atoms with E-state index in [1.165, 1.54) is 13.1 Å². The maximum absolute atomic E-state index is 11.6. The van der Waals surface area contributed by atoms with Gasteiger partial charge in [-0.3, -0.25) is 9.59 Å². The molecular formula is C11H11NO4. The van der Waals surface area contributed by atoms with Gasteiger partial charge in [0.1, 0.15) is 5.56 Å². The summed E-state index contributed by atoms with van der Waals surface area (Å²) in [5, 5.41) is 0. The van der Waals surface area contributed by atoms with Gasteiger partial charge in [-0.25, -0.2) is 4.79 Å². The van der Waals surface area contributed by atoms with Crippen LogP contribution >= 0.6 is 0 Å². The molecule has 84 valence electrons. The third kappa shape index (κ3) is 1.14. The Morgan fingerprint density at radius 3 is 2.75 bits per heavy atom. The van der Waals surface area contributed by atoms with Crippen molar-refractivity contribution in [2.24, 2.45) is 0 Å². The van der Waals surface area contributed by atoms with Crippen molar-refractivity contribution >= 4 is 11.8 Å². The molecule has 0 amide bonds.